The minimum absolute atomic E-state index is 0.0384. The predicted molar refractivity (Wildman–Crippen MR) is 77.0 cm³/mol. The van der Waals surface area contributed by atoms with Crippen molar-refractivity contribution in [2.75, 3.05) is 13.1 Å². The molecule has 3 rings (SSSR count). The molecule has 2 heterocycles. The second kappa shape index (κ2) is 6.05. The van der Waals surface area contributed by atoms with Gasteiger partial charge in [0.15, 0.2) is 0 Å². The zero-order valence-electron chi connectivity index (χ0n) is 11.7. The lowest BCUT2D eigenvalue weighted by Crippen LogP contribution is -2.34. The second-order valence-corrected chi connectivity index (χ2v) is 5.36. The van der Waals surface area contributed by atoms with Crippen LogP contribution in [0.25, 0.3) is 0 Å². The van der Waals surface area contributed by atoms with Crippen molar-refractivity contribution in [1.82, 2.24) is 19.7 Å². The van der Waals surface area contributed by atoms with E-state index in [1.165, 1.54) is 11.9 Å². The molecule has 21 heavy (non-hydrogen) atoms. The second-order valence-electron chi connectivity index (χ2n) is 5.36. The van der Waals surface area contributed by atoms with Crippen molar-refractivity contribution >= 4 is 5.97 Å². The molecule has 1 fully saturated rings. The predicted octanol–water partition coefficient (Wildman–Crippen LogP) is 1.81. The van der Waals surface area contributed by atoms with Crippen LogP contribution in [0.1, 0.15) is 35.1 Å². The Morgan fingerprint density at radius 3 is 2.62 bits per heavy atom. The number of nitrogens with zero attached hydrogens (tertiary/aromatic N) is 4. The van der Waals surface area contributed by atoms with Gasteiger partial charge in [-0.25, -0.2) is 4.79 Å². The van der Waals surface area contributed by atoms with Crippen LogP contribution < -0.4 is 0 Å². The summed E-state index contributed by atoms with van der Waals surface area (Å²) in [7, 11) is 0. The summed E-state index contributed by atoms with van der Waals surface area (Å²) in [6, 6.07) is 10.6. The smallest absolute Gasteiger partial charge is 0.374 e. The number of carboxylic acids is 1. The topological polar surface area (TPSA) is 71.2 Å². The Hall–Kier alpha value is -2.21. The van der Waals surface area contributed by atoms with Gasteiger partial charge in [-0.3, -0.25) is 4.90 Å². The van der Waals surface area contributed by atoms with Gasteiger partial charge in [0.1, 0.15) is 6.33 Å². The zero-order chi connectivity index (χ0) is 14.7. The van der Waals surface area contributed by atoms with Gasteiger partial charge >= 0.3 is 5.97 Å². The molecule has 0 amide bonds. The number of hydrogen-bond acceptors (Lipinski definition) is 4. The molecule has 2 aromatic rings. The summed E-state index contributed by atoms with van der Waals surface area (Å²) in [5.74, 6) is -0.976. The number of carboxylic acid groups (broad SMARTS) is 1. The van der Waals surface area contributed by atoms with Gasteiger partial charge in [0, 0.05) is 25.7 Å². The minimum atomic E-state index is -1.01. The van der Waals surface area contributed by atoms with Crippen molar-refractivity contribution in [3.05, 3.63) is 48.0 Å². The third kappa shape index (κ3) is 3.11. The van der Waals surface area contributed by atoms with E-state index in [4.69, 9.17) is 5.11 Å². The van der Waals surface area contributed by atoms with E-state index in [1.807, 2.05) is 6.07 Å². The molecule has 1 aromatic heterocycles. The highest BCUT2D eigenvalue weighted by Crippen LogP contribution is 2.24. The van der Waals surface area contributed by atoms with Crippen molar-refractivity contribution in [3.63, 3.8) is 0 Å². The van der Waals surface area contributed by atoms with E-state index in [9.17, 15) is 4.79 Å². The van der Waals surface area contributed by atoms with E-state index >= 15 is 0 Å². The highest BCUT2D eigenvalue weighted by Gasteiger charge is 2.24. The molecule has 6 nitrogen and oxygen atoms in total. The average molecular weight is 286 g/mol. The van der Waals surface area contributed by atoms with E-state index in [2.05, 4.69) is 39.4 Å². The lowest BCUT2D eigenvalue weighted by molar-refractivity contribution is 0.0670. The molecule has 1 aliphatic heterocycles. The summed E-state index contributed by atoms with van der Waals surface area (Å²) in [5, 5.41) is 16.5. The Kier molecular flexibility index (Phi) is 3.96. The van der Waals surface area contributed by atoms with E-state index in [-0.39, 0.29) is 11.9 Å². The lowest BCUT2D eigenvalue weighted by Gasteiger charge is -2.32. The quantitative estimate of drug-likeness (QED) is 0.928. The first-order valence-corrected chi connectivity index (χ1v) is 7.13. The molecule has 0 radical (unpaired) electrons. The summed E-state index contributed by atoms with van der Waals surface area (Å²) in [6.45, 7) is 2.86. The number of piperidine rings is 1. The van der Waals surface area contributed by atoms with Crippen LogP contribution in [-0.4, -0.2) is 43.8 Å². The molecule has 110 valence electrons. The van der Waals surface area contributed by atoms with Crippen LogP contribution in [0, 0.1) is 0 Å². The van der Waals surface area contributed by atoms with Gasteiger partial charge in [0.05, 0.1) is 0 Å². The van der Waals surface area contributed by atoms with Gasteiger partial charge < -0.3 is 9.67 Å². The largest absolute Gasteiger partial charge is 0.475 e. The van der Waals surface area contributed by atoms with Crippen molar-refractivity contribution in [2.45, 2.75) is 25.4 Å². The van der Waals surface area contributed by atoms with Crippen molar-refractivity contribution in [2.24, 2.45) is 0 Å². The molecule has 0 spiro atoms. The number of likely N-dealkylation sites (tertiary alicyclic amines) is 1. The van der Waals surface area contributed by atoms with E-state index in [0.29, 0.717) is 0 Å². The first-order chi connectivity index (χ1) is 10.2. The van der Waals surface area contributed by atoms with Gasteiger partial charge in [-0.05, 0) is 18.4 Å². The van der Waals surface area contributed by atoms with Crippen LogP contribution in [0.2, 0.25) is 0 Å². The third-order valence-corrected chi connectivity index (χ3v) is 3.96. The average Bonchev–Trinajstić information content (AvgIpc) is 2.99. The molecular weight excluding hydrogens is 268 g/mol. The summed E-state index contributed by atoms with van der Waals surface area (Å²) in [4.78, 5) is 13.5. The molecule has 0 unspecified atom stereocenters. The fourth-order valence-electron chi connectivity index (χ4n) is 2.86. The number of aromatic nitrogens is 3. The van der Waals surface area contributed by atoms with Crippen LogP contribution in [0.5, 0.6) is 0 Å². The molecular formula is C15H18N4O2. The maximum atomic E-state index is 11.1. The van der Waals surface area contributed by atoms with Crippen LogP contribution in [-0.2, 0) is 6.54 Å². The summed E-state index contributed by atoms with van der Waals surface area (Å²) in [5.41, 5.74) is 1.31. The highest BCUT2D eigenvalue weighted by atomic mass is 16.4. The standard InChI is InChI=1S/C15H18N4O2/c20-15(21)14-17-16-11-19(14)13-6-8-18(9-7-13)10-12-4-2-1-3-5-12/h1-5,11,13H,6-10H2,(H,20,21). The molecule has 0 aliphatic carbocycles. The van der Waals surface area contributed by atoms with E-state index in [0.717, 1.165) is 32.5 Å². The van der Waals surface area contributed by atoms with Crippen molar-refractivity contribution in [3.8, 4) is 0 Å². The monoisotopic (exact) mass is 286 g/mol. The molecule has 0 bridgehead atoms. The van der Waals surface area contributed by atoms with Crippen molar-refractivity contribution in [1.29, 1.82) is 0 Å². The maximum Gasteiger partial charge on any atom is 0.374 e. The Morgan fingerprint density at radius 1 is 1.24 bits per heavy atom. The van der Waals surface area contributed by atoms with Gasteiger partial charge in [-0.2, -0.15) is 0 Å². The maximum absolute atomic E-state index is 11.1. The summed E-state index contributed by atoms with van der Waals surface area (Å²) >= 11 is 0. The van der Waals surface area contributed by atoms with E-state index in [1.54, 1.807) is 4.57 Å². The van der Waals surface area contributed by atoms with Gasteiger partial charge in [0.25, 0.3) is 0 Å². The van der Waals surface area contributed by atoms with Crippen LogP contribution >= 0.6 is 0 Å². The van der Waals surface area contributed by atoms with Crippen LogP contribution in [0.15, 0.2) is 36.7 Å². The molecule has 6 heteroatoms. The highest BCUT2D eigenvalue weighted by molar-refractivity contribution is 5.83. The van der Waals surface area contributed by atoms with Crippen molar-refractivity contribution < 1.29 is 9.90 Å². The van der Waals surface area contributed by atoms with Gasteiger partial charge in [-0.1, -0.05) is 30.3 Å². The molecule has 0 atom stereocenters. The fourth-order valence-corrected chi connectivity index (χ4v) is 2.86. The molecule has 1 aromatic carbocycles. The summed E-state index contributed by atoms with van der Waals surface area (Å²) in [6.07, 6.45) is 3.37. The molecule has 1 aliphatic rings. The SMILES string of the molecule is O=C(O)c1nncn1C1CCN(Cc2ccccc2)CC1. The Morgan fingerprint density at radius 2 is 1.95 bits per heavy atom. The normalized spacial score (nSPS) is 17.0. The number of hydrogen-bond donors (Lipinski definition) is 1. The molecule has 1 N–H and O–H groups in total. The van der Waals surface area contributed by atoms with Gasteiger partial charge in [0.2, 0.25) is 5.82 Å². The van der Waals surface area contributed by atoms with Crippen LogP contribution in [0.4, 0.5) is 0 Å². The zero-order valence-corrected chi connectivity index (χ0v) is 11.7. The Bertz CT molecular complexity index is 603. The molecule has 1 saturated heterocycles. The number of carbonyl (C=O) groups is 1. The fraction of sp³-hybridized carbons (Fsp3) is 0.400. The van der Waals surface area contributed by atoms with Crippen LogP contribution in [0.3, 0.4) is 0 Å². The number of benzene rings is 1. The first-order valence-electron chi connectivity index (χ1n) is 7.13. The number of aromatic carboxylic acids is 1. The minimum Gasteiger partial charge on any atom is -0.475 e. The third-order valence-electron chi connectivity index (χ3n) is 3.96. The Balaban J connectivity index is 1.60. The molecule has 0 saturated carbocycles. The number of rotatable bonds is 4. The first kappa shape index (κ1) is 13.8. The Labute approximate surface area is 123 Å². The lowest BCUT2D eigenvalue weighted by atomic mass is 10.0. The van der Waals surface area contributed by atoms with E-state index < -0.39 is 5.97 Å². The van der Waals surface area contributed by atoms with Gasteiger partial charge in [-0.15, -0.1) is 10.2 Å². The summed E-state index contributed by atoms with van der Waals surface area (Å²) < 4.78 is 1.70.